The molecule has 0 aliphatic carbocycles. The molecule has 1 heterocycles. The van der Waals surface area contributed by atoms with Gasteiger partial charge in [0.25, 0.3) is 5.91 Å². The van der Waals surface area contributed by atoms with Gasteiger partial charge in [-0.1, -0.05) is 28.5 Å². The van der Waals surface area contributed by atoms with Gasteiger partial charge in [0.15, 0.2) is 0 Å². The smallest absolute Gasteiger partial charge is 0.311 e. The molecule has 9 nitrogen and oxygen atoms in total. The summed E-state index contributed by atoms with van der Waals surface area (Å²) in [6.07, 6.45) is 0. The van der Waals surface area contributed by atoms with Crippen LogP contribution in [0.5, 0.6) is 0 Å². The van der Waals surface area contributed by atoms with Gasteiger partial charge in [-0.25, -0.2) is 9.71 Å². The van der Waals surface area contributed by atoms with Crippen molar-refractivity contribution in [3.8, 4) is 0 Å². The molecule has 126 valence electrons. The van der Waals surface area contributed by atoms with Gasteiger partial charge in [0.05, 0.1) is 5.16 Å². The Labute approximate surface area is 135 Å². The minimum atomic E-state index is -0.444. The number of amides is 2. The van der Waals surface area contributed by atoms with Crippen molar-refractivity contribution in [3.05, 3.63) is 41.3 Å². The van der Waals surface area contributed by atoms with Crippen molar-refractivity contribution in [2.75, 3.05) is 5.32 Å². The lowest BCUT2D eigenvalue weighted by molar-refractivity contribution is -0.610. The van der Waals surface area contributed by atoms with E-state index in [0.717, 1.165) is 0 Å². The van der Waals surface area contributed by atoms with Crippen LogP contribution in [-0.2, 0) is 21.0 Å². The van der Waals surface area contributed by atoms with Gasteiger partial charge in [-0.15, -0.1) is 4.63 Å². The highest BCUT2D eigenvalue weighted by atomic mass is 19.1. The predicted molar refractivity (Wildman–Crippen MR) is 78.9 cm³/mol. The van der Waals surface area contributed by atoms with E-state index in [-0.39, 0.29) is 35.4 Å². The van der Waals surface area contributed by atoms with Crippen LogP contribution in [0.3, 0.4) is 0 Å². The van der Waals surface area contributed by atoms with Gasteiger partial charge in [-0.2, -0.15) is 0 Å². The first-order valence-electron chi connectivity index (χ1n) is 6.83. The maximum absolute atomic E-state index is 13.5. The Morgan fingerprint density at radius 3 is 2.75 bits per heavy atom. The molecule has 24 heavy (non-hydrogen) atoms. The summed E-state index contributed by atoms with van der Waals surface area (Å²) >= 11 is 0. The lowest BCUT2D eigenvalue weighted by Crippen LogP contribution is -2.31. The van der Waals surface area contributed by atoms with Crippen molar-refractivity contribution < 1.29 is 28.6 Å². The summed E-state index contributed by atoms with van der Waals surface area (Å²) in [5, 5.41) is 14.5. The van der Waals surface area contributed by atoms with E-state index in [1.165, 1.54) is 26.0 Å². The Morgan fingerprint density at radius 1 is 1.33 bits per heavy atom. The van der Waals surface area contributed by atoms with Crippen LogP contribution in [0, 0.1) is 5.82 Å². The maximum Gasteiger partial charge on any atom is 0.311 e. The topological polar surface area (TPSA) is 120 Å². The highest BCUT2D eigenvalue weighted by molar-refractivity contribution is 6.09. The highest BCUT2D eigenvalue weighted by Gasteiger charge is 2.25. The third kappa shape index (κ3) is 4.60. The predicted octanol–water partition coefficient (Wildman–Crippen LogP) is 0.601. The van der Waals surface area contributed by atoms with E-state index < -0.39 is 11.7 Å². The number of nitrogens with one attached hydrogen (secondary N) is 3. The zero-order chi connectivity index (χ0) is 17.5. The number of H-pyrrole nitrogens is 1. The fraction of sp³-hybridized carbons (Fsp3) is 0.214. The number of carbonyl (C=O) groups is 2. The lowest BCUT2D eigenvalue weighted by atomic mass is 10.2. The molecule has 0 aliphatic rings. The summed E-state index contributed by atoms with van der Waals surface area (Å²) in [7, 11) is 0. The normalized spacial score (nSPS) is 11.0. The fourth-order valence-electron chi connectivity index (χ4n) is 1.70. The van der Waals surface area contributed by atoms with Crippen molar-refractivity contribution in [1.29, 1.82) is 0 Å². The molecule has 0 atom stereocenters. The number of hydrogen-bond donors (Lipinski definition) is 2. The molecule has 0 fully saturated rings. The quantitative estimate of drug-likeness (QED) is 0.471. The number of hydrogen-bond acceptors (Lipinski definition) is 6. The molecule has 3 N–H and O–H groups in total. The SMILES string of the molecule is CC(=O)NC(=NOCc1ccccc1F)c1no[nH+]c1NC(C)=O. The second-order valence-corrected chi connectivity index (χ2v) is 4.68. The van der Waals surface area contributed by atoms with Crippen LogP contribution < -0.4 is 15.8 Å². The van der Waals surface area contributed by atoms with Crippen LogP contribution in [0.1, 0.15) is 25.1 Å². The van der Waals surface area contributed by atoms with E-state index in [1.54, 1.807) is 12.1 Å². The molecule has 10 heteroatoms. The molecule has 0 bridgehead atoms. The van der Waals surface area contributed by atoms with Crippen molar-refractivity contribution in [2.45, 2.75) is 20.5 Å². The molecular weight excluding hydrogens is 321 g/mol. The summed E-state index contributed by atoms with van der Waals surface area (Å²) in [6.45, 7) is 2.38. The number of amidine groups is 1. The second kappa shape index (κ2) is 7.81. The van der Waals surface area contributed by atoms with Gasteiger partial charge >= 0.3 is 11.5 Å². The first kappa shape index (κ1) is 17.1. The van der Waals surface area contributed by atoms with Crippen molar-refractivity contribution in [2.24, 2.45) is 5.16 Å². The number of carbonyl (C=O) groups excluding carboxylic acids is 2. The molecule has 0 saturated carbocycles. The number of halogens is 1. The third-order valence-electron chi connectivity index (χ3n) is 2.67. The van der Waals surface area contributed by atoms with E-state index in [4.69, 9.17) is 4.84 Å². The molecule has 2 rings (SSSR count). The van der Waals surface area contributed by atoms with E-state index in [2.05, 4.69) is 30.7 Å². The van der Waals surface area contributed by atoms with Crippen LogP contribution in [0.2, 0.25) is 0 Å². The van der Waals surface area contributed by atoms with Crippen molar-refractivity contribution in [3.63, 3.8) is 0 Å². The van der Waals surface area contributed by atoms with Crippen molar-refractivity contribution >= 4 is 23.5 Å². The number of oxime groups is 1. The molecule has 1 aromatic carbocycles. The number of nitrogens with zero attached hydrogens (tertiary/aromatic N) is 2. The van der Waals surface area contributed by atoms with E-state index in [0.29, 0.717) is 0 Å². The van der Waals surface area contributed by atoms with E-state index in [1.807, 2.05) is 0 Å². The Morgan fingerprint density at radius 2 is 2.08 bits per heavy atom. The first-order chi connectivity index (χ1) is 11.5. The van der Waals surface area contributed by atoms with Crippen LogP contribution in [0.25, 0.3) is 0 Å². The maximum atomic E-state index is 13.5. The summed E-state index contributed by atoms with van der Waals surface area (Å²) in [6, 6.07) is 6.03. The number of anilines is 1. The number of rotatable bonds is 5. The molecule has 2 aromatic rings. The number of aromatic amines is 1. The average molecular weight is 336 g/mol. The molecule has 2 amide bonds. The number of aromatic nitrogens is 2. The summed E-state index contributed by atoms with van der Waals surface area (Å²) in [5.41, 5.74) is 0.311. The van der Waals surface area contributed by atoms with Crippen LogP contribution >= 0.6 is 0 Å². The summed E-state index contributed by atoms with van der Waals surface area (Å²) in [5.74, 6) is -1.29. The summed E-state index contributed by atoms with van der Waals surface area (Å²) < 4.78 is 18.2. The lowest BCUT2D eigenvalue weighted by Gasteiger charge is -2.04. The molecule has 1 aromatic heterocycles. The van der Waals surface area contributed by atoms with Crippen LogP contribution in [0.4, 0.5) is 10.2 Å². The molecule has 0 spiro atoms. The van der Waals surface area contributed by atoms with Crippen LogP contribution in [0.15, 0.2) is 34.1 Å². The zero-order valence-electron chi connectivity index (χ0n) is 12.9. The highest BCUT2D eigenvalue weighted by Crippen LogP contribution is 2.10. The standard InChI is InChI=1S/C14H14FN5O4/c1-8(21)16-13(12-14(17-9(2)22)20-24-18-12)19-23-7-10-5-3-4-6-11(10)15/h3-6H,7H2,1-2H3,(H,16,19,21)(H,17,20,22)/p+1. The Balaban J connectivity index is 2.19. The Kier molecular flexibility index (Phi) is 5.55. The largest absolute Gasteiger partial charge is 0.389 e. The number of benzene rings is 1. The first-order valence-corrected chi connectivity index (χ1v) is 6.83. The average Bonchev–Trinajstić information content (AvgIpc) is 2.95. The molecule has 0 radical (unpaired) electrons. The van der Waals surface area contributed by atoms with Gasteiger partial charge in [0, 0.05) is 19.4 Å². The molecule has 0 aliphatic heterocycles. The van der Waals surface area contributed by atoms with Gasteiger partial charge in [0.2, 0.25) is 11.7 Å². The third-order valence-corrected chi connectivity index (χ3v) is 2.67. The second-order valence-electron chi connectivity index (χ2n) is 4.68. The minimum absolute atomic E-state index is 0.0222. The Hall–Kier alpha value is -3.30. The fourth-order valence-corrected chi connectivity index (χ4v) is 1.70. The van der Waals surface area contributed by atoms with Crippen molar-refractivity contribution in [1.82, 2.24) is 10.5 Å². The molecular formula is C14H15FN5O4+. The van der Waals surface area contributed by atoms with E-state index >= 15 is 0 Å². The van der Waals surface area contributed by atoms with Gasteiger partial charge in [-0.05, 0) is 6.07 Å². The van der Waals surface area contributed by atoms with E-state index in [9.17, 15) is 14.0 Å². The monoisotopic (exact) mass is 336 g/mol. The van der Waals surface area contributed by atoms with Gasteiger partial charge < -0.3 is 10.2 Å². The molecule has 0 saturated heterocycles. The minimum Gasteiger partial charge on any atom is -0.389 e. The van der Waals surface area contributed by atoms with Crippen LogP contribution in [-0.4, -0.2) is 22.8 Å². The molecule has 0 unspecified atom stereocenters. The van der Waals surface area contributed by atoms with Gasteiger partial charge in [0.1, 0.15) is 12.4 Å². The zero-order valence-corrected chi connectivity index (χ0v) is 12.9. The van der Waals surface area contributed by atoms with Gasteiger partial charge in [-0.3, -0.25) is 9.59 Å². The summed E-state index contributed by atoms with van der Waals surface area (Å²) in [4.78, 5) is 27.5. The Bertz CT molecular complexity index is 774.